The summed E-state index contributed by atoms with van der Waals surface area (Å²) < 4.78 is 43.4. The number of carbonyl (C=O) groups is 1. The molecule has 3 nitrogen and oxygen atoms in total. The van der Waals surface area contributed by atoms with Crippen LogP contribution in [0.25, 0.3) is 0 Å². The van der Waals surface area contributed by atoms with Crippen molar-refractivity contribution in [3.63, 3.8) is 0 Å². The van der Waals surface area contributed by atoms with Crippen LogP contribution in [0.1, 0.15) is 35.7 Å². The molecule has 0 atom stereocenters. The number of alkyl halides is 3. The van der Waals surface area contributed by atoms with Crippen molar-refractivity contribution in [2.45, 2.75) is 25.9 Å². The first kappa shape index (κ1) is 18.0. The van der Waals surface area contributed by atoms with Gasteiger partial charge in [0.05, 0.1) is 12.2 Å². The van der Waals surface area contributed by atoms with Crippen molar-refractivity contribution < 1.29 is 22.7 Å². The average molecular weight is 368 g/mol. The highest BCUT2D eigenvalue weighted by molar-refractivity contribution is 9.10. The van der Waals surface area contributed by atoms with Gasteiger partial charge in [-0.15, -0.1) is 0 Å². The minimum absolute atomic E-state index is 0.0286. The van der Waals surface area contributed by atoms with Crippen molar-refractivity contribution in [1.82, 2.24) is 5.32 Å². The van der Waals surface area contributed by atoms with Gasteiger partial charge in [0.15, 0.2) is 0 Å². The molecule has 0 heterocycles. The van der Waals surface area contributed by atoms with Crippen LogP contribution in [-0.2, 0) is 10.9 Å². The molecule has 1 aromatic carbocycles. The lowest BCUT2D eigenvalue weighted by atomic mass is 10.1. The van der Waals surface area contributed by atoms with Gasteiger partial charge in [0, 0.05) is 23.2 Å². The summed E-state index contributed by atoms with van der Waals surface area (Å²) in [4.78, 5) is 11.8. The van der Waals surface area contributed by atoms with E-state index in [1.165, 1.54) is 12.1 Å². The van der Waals surface area contributed by atoms with Crippen LogP contribution in [0.2, 0.25) is 0 Å². The van der Waals surface area contributed by atoms with E-state index in [0.29, 0.717) is 13.2 Å². The number of unbranched alkanes of at least 4 members (excludes halogenated alkanes) is 1. The Bertz CT molecular complexity index is 478. The zero-order chi connectivity index (χ0) is 15.9. The SMILES string of the molecule is CCCCOCCNC(=O)c1ccc(Br)c(C(F)(F)F)c1. The van der Waals surface area contributed by atoms with Crippen LogP contribution < -0.4 is 5.32 Å². The van der Waals surface area contributed by atoms with Crippen LogP contribution in [0.15, 0.2) is 22.7 Å². The number of ether oxygens (including phenoxy) is 1. The number of amides is 1. The maximum absolute atomic E-state index is 12.7. The second-order valence-corrected chi connectivity index (χ2v) is 5.27. The Labute approximate surface area is 130 Å². The summed E-state index contributed by atoms with van der Waals surface area (Å²) >= 11 is 2.83. The second-order valence-electron chi connectivity index (χ2n) is 4.41. The zero-order valence-corrected chi connectivity index (χ0v) is 13.2. The van der Waals surface area contributed by atoms with E-state index in [4.69, 9.17) is 4.74 Å². The van der Waals surface area contributed by atoms with Crippen molar-refractivity contribution in [2.24, 2.45) is 0 Å². The van der Waals surface area contributed by atoms with Gasteiger partial charge < -0.3 is 10.1 Å². The van der Waals surface area contributed by atoms with E-state index in [0.717, 1.165) is 18.9 Å². The molecule has 1 rings (SSSR count). The normalized spacial score (nSPS) is 11.5. The fourth-order valence-corrected chi connectivity index (χ4v) is 2.04. The predicted octanol–water partition coefficient (Wildman–Crippen LogP) is 4.01. The van der Waals surface area contributed by atoms with Gasteiger partial charge in [-0.3, -0.25) is 4.79 Å². The lowest BCUT2D eigenvalue weighted by Gasteiger charge is -2.11. The van der Waals surface area contributed by atoms with Gasteiger partial charge in [-0.1, -0.05) is 29.3 Å². The predicted molar refractivity (Wildman–Crippen MR) is 77.2 cm³/mol. The molecule has 7 heteroatoms. The molecule has 118 valence electrons. The van der Waals surface area contributed by atoms with Crippen LogP contribution in [0.3, 0.4) is 0 Å². The van der Waals surface area contributed by atoms with E-state index in [1.807, 2.05) is 6.92 Å². The number of rotatable bonds is 7. The number of halogens is 4. The van der Waals surface area contributed by atoms with Crippen LogP contribution in [0.4, 0.5) is 13.2 Å². The molecule has 0 saturated heterocycles. The quantitative estimate of drug-likeness (QED) is 0.739. The number of nitrogens with one attached hydrogen (secondary N) is 1. The van der Waals surface area contributed by atoms with Crippen molar-refractivity contribution in [1.29, 1.82) is 0 Å². The van der Waals surface area contributed by atoms with Gasteiger partial charge in [-0.2, -0.15) is 13.2 Å². The van der Waals surface area contributed by atoms with E-state index < -0.39 is 17.6 Å². The third-order valence-corrected chi connectivity index (χ3v) is 3.40. The summed E-state index contributed by atoms with van der Waals surface area (Å²) in [6, 6.07) is 3.39. The summed E-state index contributed by atoms with van der Waals surface area (Å²) in [7, 11) is 0. The van der Waals surface area contributed by atoms with Crippen LogP contribution >= 0.6 is 15.9 Å². The molecule has 0 aliphatic rings. The van der Waals surface area contributed by atoms with Gasteiger partial charge >= 0.3 is 6.18 Å². The van der Waals surface area contributed by atoms with Crippen molar-refractivity contribution in [3.8, 4) is 0 Å². The number of hydrogen-bond acceptors (Lipinski definition) is 2. The highest BCUT2D eigenvalue weighted by Gasteiger charge is 2.33. The van der Waals surface area contributed by atoms with E-state index in [-0.39, 0.29) is 16.6 Å². The summed E-state index contributed by atoms with van der Waals surface area (Å²) in [5.41, 5.74) is -0.895. The zero-order valence-electron chi connectivity index (χ0n) is 11.6. The largest absolute Gasteiger partial charge is 0.417 e. The Balaban J connectivity index is 2.55. The lowest BCUT2D eigenvalue weighted by Crippen LogP contribution is -2.27. The molecule has 0 aromatic heterocycles. The Morgan fingerprint density at radius 2 is 2.05 bits per heavy atom. The maximum atomic E-state index is 12.7. The molecule has 1 N–H and O–H groups in total. The Morgan fingerprint density at radius 3 is 2.67 bits per heavy atom. The lowest BCUT2D eigenvalue weighted by molar-refractivity contribution is -0.138. The number of benzene rings is 1. The average Bonchev–Trinajstić information content (AvgIpc) is 2.41. The molecular formula is C14H17BrF3NO2. The summed E-state index contributed by atoms with van der Waals surface area (Å²) in [5.74, 6) is -0.549. The molecular weight excluding hydrogens is 351 g/mol. The van der Waals surface area contributed by atoms with Crippen molar-refractivity contribution in [3.05, 3.63) is 33.8 Å². The summed E-state index contributed by atoms with van der Waals surface area (Å²) in [6.45, 7) is 3.26. The monoisotopic (exact) mass is 367 g/mol. The second kappa shape index (κ2) is 8.38. The van der Waals surface area contributed by atoms with Crippen LogP contribution in [0, 0.1) is 0 Å². The Morgan fingerprint density at radius 1 is 1.33 bits per heavy atom. The highest BCUT2D eigenvalue weighted by Crippen LogP contribution is 2.35. The molecule has 0 saturated carbocycles. The Hall–Kier alpha value is -1.08. The van der Waals surface area contributed by atoms with Gasteiger partial charge in [-0.05, 0) is 24.6 Å². The molecule has 0 radical (unpaired) electrons. The standard InChI is InChI=1S/C14H17BrF3NO2/c1-2-3-7-21-8-6-19-13(20)10-4-5-12(15)11(9-10)14(16,17)18/h4-5,9H,2-3,6-8H2,1H3,(H,19,20). The fourth-order valence-electron chi connectivity index (χ4n) is 1.57. The fraction of sp³-hybridized carbons (Fsp3) is 0.500. The van der Waals surface area contributed by atoms with Gasteiger partial charge in [0.25, 0.3) is 5.91 Å². The first-order valence-corrected chi connectivity index (χ1v) is 7.38. The minimum Gasteiger partial charge on any atom is -0.380 e. The highest BCUT2D eigenvalue weighted by atomic mass is 79.9. The van der Waals surface area contributed by atoms with E-state index >= 15 is 0 Å². The molecule has 1 amide bonds. The maximum Gasteiger partial charge on any atom is 0.417 e. The topological polar surface area (TPSA) is 38.3 Å². The van der Waals surface area contributed by atoms with Crippen LogP contribution in [0.5, 0.6) is 0 Å². The van der Waals surface area contributed by atoms with Crippen LogP contribution in [-0.4, -0.2) is 25.7 Å². The Kier molecular flexibility index (Phi) is 7.17. The number of hydrogen-bond donors (Lipinski definition) is 1. The molecule has 1 aromatic rings. The summed E-state index contributed by atoms with van der Waals surface area (Å²) in [6.07, 6.45) is -2.54. The summed E-state index contributed by atoms with van der Waals surface area (Å²) in [5, 5.41) is 2.53. The van der Waals surface area contributed by atoms with E-state index in [2.05, 4.69) is 21.2 Å². The third-order valence-electron chi connectivity index (χ3n) is 2.71. The van der Waals surface area contributed by atoms with E-state index in [1.54, 1.807) is 0 Å². The van der Waals surface area contributed by atoms with Crippen molar-refractivity contribution in [2.75, 3.05) is 19.8 Å². The van der Waals surface area contributed by atoms with Crippen molar-refractivity contribution >= 4 is 21.8 Å². The molecule has 0 unspecified atom stereocenters. The van der Waals surface area contributed by atoms with Gasteiger partial charge in [0.1, 0.15) is 0 Å². The molecule has 21 heavy (non-hydrogen) atoms. The van der Waals surface area contributed by atoms with Gasteiger partial charge in [0.2, 0.25) is 0 Å². The molecule has 0 fully saturated rings. The smallest absolute Gasteiger partial charge is 0.380 e. The van der Waals surface area contributed by atoms with Gasteiger partial charge in [-0.25, -0.2) is 0 Å². The minimum atomic E-state index is -4.50. The first-order valence-electron chi connectivity index (χ1n) is 6.59. The molecule has 0 spiro atoms. The number of carbonyl (C=O) groups excluding carboxylic acids is 1. The first-order chi connectivity index (χ1) is 9.86. The molecule has 0 aliphatic heterocycles. The molecule has 0 aliphatic carbocycles. The molecule has 0 bridgehead atoms. The third kappa shape index (κ3) is 6.05. The van der Waals surface area contributed by atoms with E-state index in [9.17, 15) is 18.0 Å².